The summed E-state index contributed by atoms with van der Waals surface area (Å²) in [7, 11) is 7.71. The van der Waals surface area contributed by atoms with E-state index in [4.69, 9.17) is 89.2 Å². The number of likely N-dealkylation sites (tertiary alicyclic amines) is 2. The van der Waals surface area contributed by atoms with Gasteiger partial charge in [-0.3, -0.25) is 29.0 Å². The van der Waals surface area contributed by atoms with E-state index < -0.39 is 34.5 Å². The van der Waals surface area contributed by atoms with Crippen LogP contribution >= 0.6 is 78.3 Å². The number of ether oxygens (including phenoxy) is 7. The fourth-order valence-electron chi connectivity index (χ4n) is 11.7. The predicted molar refractivity (Wildman–Crippen MR) is 447 cm³/mol. The van der Waals surface area contributed by atoms with Crippen molar-refractivity contribution in [3.05, 3.63) is 174 Å². The van der Waals surface area contributed by atoms with Crippen LogP contribution in [0.25, 0.3) is 0 Å². The molecule has 5 aromatic heterocycles. The van der Waals surface area contributed by atoms with Gasteiger partial charge in [0, 0.05) is 112 Å². The van der Waals surface area contributed by atoms with Gasteiger partial charge < -0.3 is 70.7 Å². The molecule has 0 unspecified atom stereocenters. The van der Waals surface area contributed by atoms with Crippen molar-refractivity contribution in [3.8, 4) is 29.4 Å². The van der Waals surface area contributed by atoms with Gasteiger partial charge in [-0.2, -0.15) is 15.0 Å². The Morgan fingerprint density at radius 1 is 0.522 bits per heavy atom. The number of oxime groups is 2. The minimum atomic E-state index is -1.03. The first-order valence-electron chi connectivity index (χ1n) is 36.0. The van der Waals surface area contributed by atoms with Crippen LogP contribution in [0.1, 0.15) is 140 Å². The quantitative estimate of drug-likeness (QED) is 0.0711. The molecule has 12 rings (SSSR count). The van der Waals surface area contributed by atoms with Crippen LogP contribution in [0.15, 0.2) is 135 Å². The Morgan fingerprint density at radius 3 is 1.34 bits per heavy atom. The van der Waals surface area contributed by atoms with Gasteiger partial charge in [0.1, 0.15) is 26.2 Å². The van der Waals surface area contributed by atoms with Crippen LogP contribution < -0.4 is 44.1 Å². The van der Waals surface area contributed by atoms with Gasteiger partial charge in [-0.25, -0.2) is 19.6 Å². The number of benzene rings is 2. The zero-order valence-corrected chi connectivity index (χ0v) is 76.0. The molecule has 0 saturated carbocycles. The predicted octanol–water partition coefficient (Wildman–Crippen LogP) is 16.5. The van der Waals surface area contributed by atoms with E-state index in [1.165, 1.54) is 19.1 Å². The van der Waals surface area contributed by atoms with Crippen molar-refractivity contribution in [2.24, 2.45) is 10.3 Å². The van der Waals surface area contributed by atoms with Gasteiger partial charge in [0.05, 0.1) is 67.7 Å². The van der Waals surface area contributed by atoms with Crippen molar-refractivity contribution in [2.45, 2.75) is 148 Å². The maximum Gasteiger partial charge on any atom is 0.410 e. The number of hydrogen-bond donors (Lipinski definition) is 2. The standard InChI is InChI=1S/C28H33ClN4O6.C23H25ClN4O4.C16H24ClN3O3.C6H5BrClNO.C6H6BrNO.CH3.W/c1-27(2,3)38-26(36)32-15-7-8-19(16-32)33(24-20(29)13-14-21(30-24)37-6)25(35)18-11-9-17(10-12-18)22-23(34)28(4,5)39-31-22;1-23(2)20(29)19(27-32-23)14-6-8-15(9-7-14)22(30)28(16-5-4-12-25-13-16)21-17(24)10-11-18(26-21)31-3;1-16(2,3)23-15(21)20-9-5-6-11(10-20)18-14-12(17)7-8-13(19-14)22-4;1-10-5-3-2-4(8)6(7)9-5;1-9-6-4-2-3-5(7)8-6;;/h9-14,19H,7-8,15-16H2,1-6H3;6-11,16,25H,4-5,12-13H2,1-3H3;7-8,11H,5-6,9-10H2,1-4H3,(H,18,19);2-3H,1H3;2-4H,1H3;1H3;/q;;;;;-1;/t19-;16-;11-;;;;/m111..../s1. The Kier molecular flexibility index (Phi) is 35.7. The molecule has 2 N–H and O–H groups in total. The van der Waals surface area contributed by atoms with Gasteiger partial charge >= 0.3 is 12.2 Å². The number of nitrogens with one attached hydrogen (secondary N) is 2. The Morgan fingerprint density at radius 2 is 0.930 bits per heavy atom. The number of ketones is 2. The summed E-state index contributed by atoms with van der Waals surface area (Å²) in [6, 6.07) is 31.8. The molecule has 3 saturated heterocycles. The molecule has 35 heteroatoms. The number of amides is 4. The smallest absolute Gasteiger partial charge is 0.410 e. The first-order chi connectivity index (χ1) is 53.5. The van der Waals surface area contributed by atoms with Crippen LogP contribution in [0.4, 0.5) is 27.0 Å². The average molecular weight is 1970 g/mol. The third-order valence-electron chi connectivity index (χ3n) is 17.4. The van der Waals surface area contributed by atoms with Gasteiger partial charge in [0.2, 0.25) is 41.0 Å². The molecule has 115 heavy (non-hydrogen) atoms. The molecular weight excluding hydrogens is 1870 g/mol. The maximum atomic E-state index is 14.0. The summed E-state index contributed by atoms with van der Waals surface area (Å²) < 4.78 is 37.8. The van der Waals surface area contributed by atoms with Crippen molar-refractivity contribution >= 4 is 143 Å². The third-order valence-corrected chi connectivity index (χ3v) is 19.8. The fourth-order valence-corrected chi connectivity index (χ4v) is 12.9. The summed E-state index contributed by atoms with van der Waals surface area (Å²) in [4.78, 5) is 116. The second-order valence-electron chi connectivity index (χ2n) is 29.0. The van der Waals surface area contributed by atoms with Gasteiger partial charge in [-0.15, -0.1) is 0 Å². The normalized spacial score (nSPS) is 17.1. The molecular formula is C80H96Br2Cl4N13O15W-. The second kappa shape index (κ2) is 43.1. The molecule has 0 spiro atoms. The molecule has 620 valence electrons. The van der Waals surface area contributed by atoms with E-state index in [-0.39, 0.29) is 98.9 Å². The van der Waals surface area contributed by atoms with E-state index in [1.54, 1.807) is 167 Å². The zero-order valence-electron chi connectivity index (χ0n) is 66.9. The number of aromatic nitrogens is 5. The van der Waals surface area contributed by atoms with E-state index in [2.05, 4.69) is 77.7 Å². The number of Topliss-reactive ketones (excluding diaryl/α,β-unsaturated/α-hetero) is 2. The third kappa shape index (κ3) is 26.8. The first-order valence-corrected chi connectivity index (χ1v) is 39.1. The van der Waals surface area contributed by atoms with E-state index in [1.807, 2.05) is 53.7 Å². The Balaban J connectivity index is 0.000000243. The first kappa shape index (κ1) is 95.4. The van der Waals surface area contributed by atoms with Crippen molar-refractivity contribution < 1.29 is 92.7 Å². The van der Waals surface area contributed by atoms with Crippen LogP contribution in [0.2, 0.25) is 20.1 Å². The number of rotatable bonds is 15. The van der Waals surface area contributed by atoms with Gasteiger partial charge in [-0.1, -0.05) is 87.0 Å². The molecule has 3 atom stereocenters. The van der Waals surface area contributed by atoms with Crippen molar-refractivity contribution in [1.82, 2.24) is 40.0 Å². The fraction of sp³-hybridized carbons (Fsp3) is 0.425. The number of carbonyl (C=O) groups is 6. The van der Waals surface area contributed by atoms with E-state index in [0.717, 1.165) is 36.8 Å². The molecule has 5 aliphatic rings. The molecule has 5 aliphatic heterocycles. The van der Waals surface area contributed by atoms with Gasteiger partial charge in [-0.05, 0) is 201 Å². The number of methoxy groups -OCH3 is 5. The largest absolute Gasteiger partial charge is 0.481 e. The number of halogens is 6. The monoisotopic (exact) mass is 1960 g/mol. The molecule has 10 heterocycles. The Hall–Kier alpha value is -8.48. The van der Waals surface area contributed by atoms with Crippen molar-refractivity contribution in [3.63, 3.8) is 0 Å². The average Bonchev–Trinajstić information content (AvgIpc) is 1.55. The van der Waals surface area contributed by atoms with Crippen LogP contribution in [0.3, 0.4) is 0 Å². The topological polar surface area (TPSA) is 312 Å². The minimum absolute atomic E-state index is 0. The van der Waals surface area contributed by atoms with Gasteiger partial charge in [0.25, 0.3) is 11.8 Å². The van der Waals surface area contributed by atoms with Crippen LogP contribution in [0, 0.1) is 7.43 Å². The maximum absolute atomic E-state index is 14.0. The van der Waals surface area contributed by atoms with Crippen molar-refractivity contribution in [1.29, 1.82) is 0 Å². The number of nitrogens with zero attached hydrogens (tertiary/aromatic N) is 11. The minimum Gasteiger partial charge on any atom is -0.481 e. The van der Waals surface area contributed by atoms with E-state index in [0.29, 0.717) is 122 Å². The molecule has 7 aromatic rings. The van der Waals surface area contributed by atoms with E-state index >= 15 is 0 Å². The summed E-state index contributed by atoms with van der Waals surface area (Å²) in [6.45, 7) is 21.2. The Bertz CT molecular complexity index is 4580. The molecule has 0 radical (unpaired) electrons. The van der Waals surface area contributed by atoms with Gasteiger partial charge in [0.15, 0.2) is 34.3 Å². The van der Waals surface area contributed by atoms with E-state index in [9.17, 15) is 28.8 Å². The molecule has 4 amide bonds. The summed E-state index contributed by atoms with van der Waals surface area (Å²) in [5.74, 6) is 2.48. The number of pyridine rings is 5. The number of anilines is 3. The summed E-state index contributed by atoms with van der Waals surface area (Å²) in [5, 5.41) is 16.2. The number of carbonyl (C=O) groups excluding carboxylic acids is 6. The molecule has 3 fully saturated rings. The van der Waals surface area contributed by atoms with Crippen molar-refractivity contribution in [2.75, 3.05) is 89.9 Å². The molecule has 2 aromatic carbocycles. The number of piperidine rings is 3. The summed E-state index contributed by atoms with van der Waals surface area (Å²) >= 11 is 31.2. The molecule has 0 bridgehead atoms. The molecule has 28 nitrogen and oxygen atoms in total. The second-order valence-corrected chi connectivity index (χ2v) is 32.2. The zero-order chi connectivity index (χ0) is 82.7. The summed E-state index contributed by atoms with van der Waals surface area (Å²) in [5.41, 5.74) is -0.765. The van der Waals surface area contributed by atoms with Crippen LogP contribution in [-0.2, 0) is 49.8 Å². The number of hydrogen-bond acceptors (Lipinski definition) is 24. The SMILES string of the molecule is COc1ccc(Cl)c(Br)n1.COc1ccc(Cl)c(N(C(=O)c2ccc(C3=NOC(C)(C)C3=O)cc2)[C@@H]2CCCN(C(=O)OC(C)(C)C)C2)n1.COc1ccc(Cl)c(N(C(=O)c2ccc(C3=NOC(C)(C)C3=O)cc2)[C@@H]2CCCNC2)n1.COc1ccc(Cl)c(N[C@@H]2CCCN(C(=O)OC(C)(C)C)C2)n1.COc1cccc(Br)n1.[CH3-].[W]. The van der Waals surface area contributed by atoms with Crippen LogP contribution in [-0.4, -0.2) is 197 Å². The van der Waals surface area contributed by atoms with Crippen LogP contribution in [0.5, 0.6) is 29.4 Å². The summed E-state index contributed by atoms with van der Waals surface area (Å²) in [6.07, 6.45) is 4.15. The molecule has 0 aliphatic carbocycles. The Labute approximate surface area is 722 Å².